The van der Waals surface area contributed by atoms with Gasteiger partial charge in [0, 0.05) is 18.9 Å². The normalized spacial score (nSPS) is 15.7. The van der Waals surface area contributed by atoms with Crippen LogP contribution in [0.5, 0.6) is 6.01 Å². The number of halogens is 3. The number of nitrogens with zero attached hydrogens (tertiary/aromatic N) is 3. The van der Waals surface area contributed by atoms with Gasteiger partial charge in [-0.1, -0.05) is 39.0 Å². The standard InChI is InChI=1S/C21H26F3N3O/c1-20(2,3)15-11-7-8-12-17(15)27(4)18-16(21(22,23)24)13-25-19(26-18)28-14-9-5-6-10-14/h7-8,11-14H,5-6,9-10H2,1-4H3. The third-order valence-corrected chi connectivity index (χ3v) is 5.02. The lowest BCUT2D eigenvalue weighted by Crippen LogP contribution is -2.23. The first kappa shape index (κ1) is 20.4. The zero-order valence-electron chi connectivity index (χ0n) is 16.7. The Morgan fingerprint density at radius 1 is 1.04 bits per heavy atom. The second-order valence-electron chi connectivity index (χ2n) is 8.24. The van der Waals surface area contributed by atoms with E-state index in [4.69, 9.17) is 4.74 Å². The average molecular weight is 393 g/mol. The van der Waals surface area contributed by atoms with Crippen molar-refractivity contribution in [2.24, 2.45) is 0 Å². The summed E-state index contributed by atoms with van der Waals surface area (Å²) >= 11 is 0. The van der Waals surface area contributed by atoms with E-state index in [-0.39, 0.29) is 23.3 Å². The molecule has 1 aromatic carbocycles. The van der Waals surface area contributed by atoms with Gasteiger partial charge in [-0.15, -0.1) is 0 Å². The Kier molecular flexibility index (Phi) is 5.55. The molecule has 0 N–H and O–H groups in total. The van der Waals surface area contributed by atoms with Crippen molar-refractivity contribution in [3.8, 4) is 6.01 Å². The predicted octanol–water partition coefficient (Wildman–Crippen LogP) is 5.88. The van der Waals surface area contributed by atoms with Crippen LogP contribution in [-0.4, -0.2) is 23.1 Å². The number of hydrogen-bond acceptors (Lipinski definition) is 4. The van der Waals surface area contributed by atoms with Gasteiger partial charge in [0.2, 0.25) is 0 Å². The molecule has 1 aromatic heterocycles. The second-order valence-corrected chi connectivity index (χ2v) is 8.24. The Bertz CT molecular complexity index is 824. The van der Waals surface area contributed by atoms with Gasteiger partial charge in [0.05, 0.1) is 0 Å². The smallest absolute Gasteiger partial charge is 0.421 e. The van der Waals surface area contributed by atoms with E-state index in [2.05, 4.69) is 9.97 Å². The summed E-state index contributed by atoms with van der Waals surface area (Å²) in [5.74, 6) is -0.202. The zero-order valence-corrected chi connectivity index (χ0v) is 16.7. The van der Waals surface area contributed by atoms with Gasteiger partial charge in [0.1, 0.15) is 11.7 Å². The fraction of sp³-hybridized carbons (Fsp3) is 0.524. The largest absolute Gasteiger partial charge is 0.460 e. The van der Waals surface area contributed by atoms with E-state index in [1.165, 1.54) is 4.90 Å². The minimum absolute atomic E-state index is 0.00464. The minimum Gasteiger partial charge on any atom is -0.460 e. The van der Waals surface area contributed by atoms with E-state index in [1.54, 1.807) is 13.1 Å². The lowest BCUT2D eigenvalue weighted by Gasteiger charge is -2.29. The third-order valence-electron chi connectivity index (χ3n) is 5.02. The van der Waals surface area contributed by atoms with E-state index >= 15 is 0 Å². The summed E-state index contributed by atoms with van der Waals surface area (Å²) in [6.45, 7) is 6.08. The number of hydrogen-bond donors (Lipinski definition) is 0. The number of anilines is 2. The van der Waals surface area contributed by atoms with Crippen molar-refractivity contribution < 1.29 is 17.9 Å². The summed E-state index contributed by atoms with van der Waals surface area (Å²) in [6.07, 6.45) is 0.0881. The Balaban J connectivity index is 2.05. The summed E-state index contributed by atoms with van der Waals surface area (Å²) in [5, 5.41) is 0. The van der Waals surface area contributed by atoms with E-state index in [1.807, 2.05) is 39.0 Å². The lowest BCUT2D eigenvalue weighted by atomic mass is 9.85. The fourth-order valence-electron chi connectivity index (χ4n) is 3.54. The molecule has 3 rings (SSSR count). The van der Waals surface area contributed by atoms with Crippen molar-refractivity contribution in [3.63, 3.8) is 0 Å². The number of ether oxygens (including phenoxy) is 1. The van der Waals surface area contributed by atoms with Gasteiger partial charge in [0.15, 0.2) is 5.82 Å². The van der Waals surface area contributed by atoms with E-state index in [9.17, 15) is 13.2 Å². The molecule has 0 spiro atoms. The number of aromatic nitrogens is 2. The van der Waals surface area contributed by atoms with Crippen LogP contribution < -0.4 is 9.64 Å². The van der Waals surface area contributed by atoms with Crippen molar-refractivity contribution in [1.82, 2.24) is 9.97 Å². The van der Waals surface area contributed by atoms with Gasteiger partial charge >= 0.3 is 12.2 Å². The highest BCUT2D eigenvalue weighted by Gasteiger charge is 2.37. The molecule has 28 heavy (non-hydrogen) atoms. The maximum atomic E-state index is 13.6. The number of para-hydroxylation sites is 1. The molecule has 0 radical (unpaired) electrons. The zero-order chi connectivity index (χ0) is 20.5. The second kappa shape index (κ2) is 7.60. The van der Waals surface area contributed by atoms with Gasteiger partial charge in [-0.2, -0.15) is 18.2 Å². The van der Waals surface area contributed by atoms with Crippen molar-refractivity contribution >= 4 is 11.5 Å². The van der Waals surface area contributed by atoms with E-state index < -0.39 is 11.7 Å². The summed E-state index contributed by atoms with van der Waals surface area (Å²) < 4.78 is 46.7. The maximum absolute atomic E-state index is 13.6. The van der Waals surface area contributed by atoms with Crippen LogP contribution in [0, 0.1) is 0 Å². The van der Waals surface area contributed by atoms with Gasteiger partial charge in [0.25, 0.3) is 0 Å². The monoisotopic (exact) mass is 393 g/mol. The van der Waals surface area contributed by atoms with E-state index in [0.717, 1.165) is 37.4 Å². The fourth-order valence-corrected chi connectivity index (χ4v) is 3.54. The molecule has 1 aliphatic carbocycles. The van der Waals surface area contributed by atoms with Crippen LogP contribution in [-0.2, 0) is 11.6 Å². The predicted molar refractivity (Wildman–Crippen MR) is 103 cm³/mol. The minimum atomic E-state index is -4.56. The number of alkyl halides is 3. The molecule has 0 unspecified atom stereocenters. The molecule has 1 heterocycles. The summed E-state index contributed by atoms with van der Waals surface area (Å²) in [6, 6.07) is 7.43. The maximum Gasteiger partial charge on any atom is 0.421 e. The van der Waals surface area contributed by atoms with Crippen LogP contribution in [0.2, 0.25) is 0 Å². The summed E-state index contributed by atoms with van der Waals surface area (Å²) in [5.41, 5.74) is 0.491. The van der Waals surface area contributed by atoms with Crippen LogP contribution in [0.1, 0.15) is 57.6 Å². The lowest BCUT2D eigenvalue weighted by molar-refractivity contribution is -0.137. The average Bonchev–Trinajstić information content (AvgIpc) is 3.12. The number of benzene rings is 1. The SMILES string of the molecule is CN(c1ccccc1C(C)(C)C)c1nc(OC2CCCC2)ncc1C(F)(F)F. The van der Waals surface area contributed by atoms with Crippen LogP contribution in [0.25, 0.3) is 0 Å². The molecule has 0 aliphatic heterocycles. The van der Waals surface area contributed by atoms with Gasteiger partial charge in [-0.3, -0.25) is 0 Å². The molecule has 1 saturated carbocycles. The molecule has 0 atom stereocenters. The van der Waals surface area contributed by atoms with Crippen LogP contribution >= 0.6 is 0 Å². The Hall–Kier alpha value is -2.31. The first-order valence-electron chi connectivity index (χ1n) is 9.51. The van der Waals surface area contributed by atoms with Crippen molar-refractivity contribution in [2.45, 2.75) is 64.1 Å². The van der Waals surface area contributed by atoms with Gasteiger partial charge in [-0.05, 0) is 42.7 Å². The molecule has 2 aromatic rings. The molecule has 152 valence electrons. The van der Waals surface area contributed by atoms with Crippen molar-refractivity contribution in [3.05, 3.63) is 41.6 Å². The molecular weight excluding hydrogens is 367 g/mol. The highest BCUT2D eigenvalue weighted by atomic mass is 19.4. The number of rotatable bonds is 4. The summed E-state index contributed by atoms with van der Waals surface area (Å²) in [4.78, 5) is 9.49. The quantitative estimate of drug-likeness (QED) is 0.650. The first-order chi connectivity index (χ1) is 13.1. The van der Waals surface area contributed by atoms with Gasteiger partial charge < -0.3 is 9.64 Å². The first-order valence-corrected chi connectivity index (χ1v) is 9.51. The Morgan fingerprint density at radius 3 is 2.29 bits per heavy atom. The highest BCUT2D eigenvalue weighted by Crippen LogP contribution is 2.40. The van der Waals surface area contributed by atoms with E-state index in [0.29, 0.717) is 5.69 Å². The van der Waals surface area contributed by atoms with Crippen LogP contribution in [0.4, 0.5) is 24.7 Å². The van der Waals surface area contributed by atoms with Gasteiger partial charge in [-0.25, -0.2) is 4.98 Å². The molecule has 0 saturated heterocycles. The highest BCUT2D eigenvalue weighted by molar-refractivity contribution is 5.67. The molecule has 0 bridgehead atoms. The van der Waals surface area contributed by atoms with Crippen LogP contribution in [0.3, 0.4) is 0 Å². The molecular formula is C21H26F3N3O. The van der Waals surface area contributed by atoms with Crippen LogP contribution in [0.15, 0.2) is 30.5 Å². The molecule has 4 nitrogen and oxygen atoms in total. The molecule has 7 heteroatoms. The Labute approximate surface area is 163 Å². The molecule has 1 fully saturated rings. The molecule has 0 amide bonds. The molecule has 1 aliphatic rings. The van der Waals surface area contributed by atoms with Crippen molar-refractivity contribution in [1.29, 1.82) is 0 Å². The Morgan fingerprint density at radius 2 is 1.68 bits per heavy atom. The van der Waals surface area contributed by atoms with Crippen molar-refractivity contribution in [2.75, 3.05) is 11.9 Å². The topological polar surface area (TPSA) is 38.2 Å². The third kappa shape index (κ3) is 4.39. The summed E-state index contributed by atoms with van der Waals surface area (Å²) in [7, 11) is 1.60.